The Balaban J connectivity index is 1.57. The Labute approximate surface area is 149 Å². The normalized spacial score (nSPS) is 10.3. The van der Waals surface area contributed by atoms with Crippen LogP contribution in [0.1, 0.15) is 15.9 Å². The molecule has 1 heterocycles. The van der Waals surface area contributed by atoms with Crippen LogP contribution in [0.15, 0.2) is 66.9 Å². The SMILES string of the molecule is O=C(NCc1ccc(Oc2cccc(F)c2)nc1)c1ccc(Cl)cc1. The molecular formula is C19H14ClFN2O2. The fraction of sp³-hybridized carbons (Fsp3) is 0.0526. The highest BCUT2D eigenvalue weighted by Crippen LogP contribution is 2.20. The van der Waals surface area contributed by atoms with E-state index in [1.54, 1.807) is 54.7 Å². The van der Waals surface area contributed by atoms with E-state index in [0.29, 0.717) is 28.8 Å². The van der Waals surface area contributed by atoms with Crippen molar-refractivity contribution in [2.45, 2.75) is 6.54 Å². The van der Waals surface area contributed by atoms with E-state index in [1.165, 1.54) is 12.1 Å². The van der Waals surface area contributed by atoms with Crippen molar-refractivity contribution >= 4 is 17.5 Å². The summed E-state index contributed by atoms with van der Waals surface area (Å²) in [7, 11) is 0. The number of hydrogen-bond acceptors (Lipinski definition) is 3. The minimum absolute atomic E-state index is 0.197. The van der Waals surface area contributed by atoms with Gasteiger partial charge in [-0.25, -0.2) is 9.37 Å². The lowest BCUT2D eigenvalue weighted by Gasteiger charge is -2.07. The lowest BCUT2D eigenvalue weighted by molar-refractivity contribution is 0.0951. The maximum absolute atomic E-state index is 13.1. The first-order valence-electron chi connectivity index (χ1n) is 7.52. The van der Waals surface area contributed by atoms with Crippen molar-refractivity contribution in [3.05, 3.63) is 88.8 Å². The van der Waals surface area contributed by atoms with Crippen LogP contribution in [0, 0.1) is 5.82 Å². The van der Waals surface area contributed by atoms with Crippen molar-refractivity contribution < 1.29 is 13.9 Å². The third-order valence-electron chi connectivity index (χ3n) is 3.38. The van der Waals surface area contributed by atoms with Crippen molar-refractivity contribution in [3.8, 4) is 11.6 Å². The first-order valence-corrected chi connectivity index (χ1v) is 7.90. The molecule has 0 aliphatic carbocycles. The molecule has 25 heavy (non-hydrogen) atoms. The highest BCUT2D eigenvalue weighted by atomic mass is 35.5. The molecule has 6 heteroatoms. The summed E-state index contributed by atoms with van der Waals surface area (Å²) in [6.07, 6.45) is 1.59. The summed E-state index contributed by atoms with van der Waals surface area (Å²) in [5.74, 6) is 0.144. The van der Waals surface area contributed by atoms with E-state index in [-0.39, 0.29) is 11.7 Å². The second-order valence-corrected chi connectivity index (χ2v) is 5.69. The first-order chi connectivity index (χ1) is 12.1. The first kappa shape index (κ1) is 16.9. The minimum atomic E-state index is -0.376. The third kappa shape index (κ3) is 4.78. The monoisotopic (exact) mass is 356 g/mol. The molecule has 126 valence electrons. The number of hydrogen-bond donors (Lipinski definition) is 1. The van der Waals surface area contributed by atoms with Gasteiger partial charge in [0.1, 0.15) is 11.6 Å². The Bertz CT molecular complexity index is 867. The average Bonchev–Trinajstić information content (AvgIpc) is 2.61. The zero-order valence-corrected chi connectivity index (χ0v) is 13.8. The van der Waals surface area contributed by atoms with E-state index >= 15 is 0 Å². The molecule has 0 fully saturated rings. The van der Waals surface area contributed by atoms with Crippen LogP contribution in [0.4, 0.5) is 4.39 Å². The predicted molar refractivity (Wildman–Crippen MR) is 93.3 cm³/mol. The predicted octanol–water partition coefficient (Wildman–Crippen LogP) is 4.60. The largest absolute Gasteiger partial charge is 0.439 e. The molecule has 3 aromatic rings. The van der Waals surface area contributed by atoms with E-state index in [1.807, 2.05) is 0 Å². The molecule has 4 nitrogen and oxygen atoms in total. The van der Waals surface area contributed by atoms with Crippen LogP contribution >= 0.6 is 11.6 Å². The summed E-state index contributed by atoms with van der Waals surface area (Å²) >= 11 is 5.80. The summed E-state index contributed by atoms with van der Waals surface area (Å²) in [6, 6.07) is 15.9. The van der Waals surface area contributed by atoms with Gasteiger partial charge in [0.25, 0.3) is 5.91 Å². The molecule has 2 aromatic carbocycles. The third-order valence-corrected chi connectivity index (χ3v) is 3.63. The van der Waals surface area contributed by atoms with E-state index in [2.05, 4.69) is 10.3 Å². The van der Waals surface area contributed by atoms with Gasteiger partial charge in [-0.05, 0) is 42.0 Å². The highest BCUT2D eigenvalue weighted by molar-refractivity contribution is 6.30. The quantitative estimate of drug-likeness (QED) is 0.727. The Morgan fingerprint density at radius 1 is 1.12 bits per heavy atom. The number of ether oxygens (including phenoxy) is 1. The average molecular weight is 357 g/mol. The van der Waals surface area contributed by atoms with Crippen LogP contribution in [0.25, 0.3) is 0 Å². The number of carbonyl (C=O) groups is 1. The number of carbonyl (C=O) groups excluding carboxylic acids is 1. The molecule has 0 atom stereocenters. The second kappa shape index (κ2) is 7.77. The molecule has 0 aliphatic rings. The molecule has 0 radical (unpaired) electrons. The standard InChI is InChI=1S/C19H14ClFN2O2/c20-15-7-5-14(6-8-15)19(24)23-12-13-4-9-18(22-11-13)25-17-3-1-2-16(21)10-17/h1-11H,12H2,(H,23,24). The van der Waals surface area contributed by atoms with Gasteiger partial charge in [-0.1, -0.05) is 23.7 Å². The van der Waals surface area contributed by atoms with Crippen molar-refractivity contribution in [1.29, 1.82) is 0 Å². The number of amides is 1. The molecular weight excluding hydrogens is 343 g/mol. The summed E-state index contributed by atoms with van der Waals surface area (Å²) < 4.78 is 18.6. The molecule has 0 unspecified atom stereocenters. The molecule has 1 amide bonds. The Hall–Kier alpha value is -2.92. The zero-order valence-electron chi connectivity index (χ0n) is 13.1. The van der Waals surface area contributed by atoms with Gasteiger partial charge in [0, 0.05) is 35.5 Å². The summed E-state index contributed by atoms with van der Waals surface area (Å²) in [4.78, 5) is 16.2. The fourth-order valence-corrected chi connectivity index (χ4v) is 2.24. The molecule has 3 rings (SSSR count). The van der Waals surface area contributed by atoms with Gasteiger partial charge in [-0.15, -0.1) is 0 Å². The zero-order chi connectivity index (χ0) is 17.6. The molecule has 0 aliphatic heterocycles. The number of nitrogens with zero attached hydrogens (tertiary/aromatic N) is 1. The van der Waals surface area contributed by atoms with Gasteiger partial charge in [0.05, 0.1) is 0 Å². The molecule has 1 aromatic heterocycles. The van der Waals surface area contributed by atoms with Gasteiger partial charge in [0.15, 0.2) is 0 Å². The second-order valence-electron chi connectivity index (χ2n) is 5.25. The van der Waals surface area contributed by atoms with E-state index in [9.17, 15) is 9.18 Å². The number of benzene rings is 2. The van der Waals surface area contributed by atoms with Crippen molar-refractivity contribution in [3.63, 3.8) is 0 Å². The van der Waals surface area contributed by atoms with Crippen LogP contribution in [-0.4, -0.2) is 10.9 Å². The minimum Gasteiger partial charge on any atom is -0.439 e. The molecule has 0 bridgehead atoms. The number of halogens is 2. The summed E-state index contributed by atoms with van der Waals surface area (Å²) in [5.41, 5.74) is 1.34. The van der Waals surface area contributed by atoms with E-state index in [4.69, 9.17) is 16.3 Å². The van der Waals surface area contributed by atoms with Gasteiger partial charge in [-0.3, -0.25) is 4.79 Å². The van der Waals surface area contributed by atoms with E-state index in [0.717, 1.165) is 5.56 Å². The van der Waals surface area contributed by atoms with Crippen LogP contribution in [0.2, 0.25) is 5.02 Å². The lowest BCUT2D eigenvalue weighted by atomic mass is 10.2. The number of rotatable bonds is 5. The Morgan fingerprint density at radius 3 is 2.60 bits per heavy atom. The Morgan fingerprint density at radius 2 is 1.92 bits per heavy atom. The number of nitrogens with one attached hydrogen (secondary N) is 1. The van der Waals surface area contributed by atoms with Gasteiger partial charge in [-0.2, -0.15) is 0 Å². The summed E-state index contributed by atoms with van der Waals surface area (Å²) in [6.45, 7) is 0.328. The summed E-state index contributed by atoms with van der Waals surface area (Å²) in [5, 5.41) is 3.38. The van der Waals surface area contributed by atoms with Crippen LogP contribution in [0.3, 0.4) is 0 Å². The maximum Gasteiger partial charge on any atom is 0.251 e. The van der Waals surface area contributed by atoms with Gasteiger partial charge >= 0.3 is 0 Å². The van der Waals surface area contributed by atoms with Crippen molar-refractivity contribution in [1.82, 2.24) is 10.3 Å². The molecule has 0 saturated heterocycles. The van der Waals surface area contributed by atoms with Crippen LogP contribution < -0.4 is 10.1 Å². The molecule has 1 N–H and O–H groups in total. The fourth-order valence-electron chi connectivity index (χ4n) is 2.11. The van der Waals surface area contributed by atoms with Crippen LogP contribution in [-0.2, 0) is 6.54 Å². The van der Waals surface area contributed by atoms with Crippen LogP contribution in [0.5, 0.6) is 11.6 Å². The van der Waals surface area contributed by atoms with Crippen molar-refractivity contribution in [2.75, 3.05) is 0 Å². The van der Waals surface area contributed by atoms with E-state index < -0.39 is 0 Å². The molecule has 0 saturated carbocycles. The number of pyridine rings is 1. The smallest absolute Gasteiger partial charge is 0.251 e. The van der Waals surface area contributed by atoms with Crippen molar-refractivity contribution in [2.24, 2.45) is 0 Å². The topological polar surface area (TPSA) is 51.2 Å². The lowest BCUT2D eigenvalue weighted by Crippen LogP contribution is -2.22. The van der Waals surface area contributed by atoms with Gasteiger partial charge < -0.3 is 10.1 Å². The number of aromatic nitrogens is 1. The molecule has 0 spiro atoms. The Kier molecular flexibility index (Phi) is 5.26. The maximum atomic E-state index is 13.1. The van der Waals surface area contributed by atoms with Gasteiger partial charge in [0.2, 0.25) is 5.88 Å². The highest BCUT2D eigenvalue weighted by Gasteiger charge is 2.06.